The summed E-state index contributed by atoms with van der Waals surface area (Å²) in [5, 5.41) is 2.88. The molecule has 1 aromatic rings. The minimum Gasteiger partial charge on any atom is -0.467 e. The van der Waals surface area contributed by atoms with Gasteiger partial charge in [-0.3, -0.25) is 4.79 Å². The number of hydrogen-bond donors (Lipinski definition) is 1. The molecule has 1 fully saturated rings. The van der Waals surface area contributed by atoms with Crippen LogP contribution < -0.4 is 5.32 Å². The van der Waals surface area contributed by atoms with E-state index in [0.29, 0.717) is 5.92 Å². The largest absolute Gasteiger partial charge is 0.467 e. The highest BCUT2D eigenvalue weighted by Gasteiger charge is 2.44. The molecule has 76 valence electrons. The summed E-state index contributed by atoms with van der Waals surface area (Å²) >= 11 is 0. The molecule has 1 aliphatic rings. The summed E-state index contributed by atoms with van der Waals surface area (Å²) < 4.78 is 5.38. The summed E-state index contributed by atoms with van der Waals surface area (Å²) in [4.78, 5) is 11.3. The number of carbonyl (C=O) groups excluding carboxylic acids is 1. The molecule has 0 aromatic carbocycles. The molecule has 0 spiro atoms. The lowest BCUT2D eigenvalue weighted by molar-refractivity contribution is -0.138. The van der Waals surface area contributed by atoms with Gasteiger partial charge in [0.1, 0.15) is 5.76 Å². The van der Waals surface area contributed by atoms with Crippen LogP contribution in [0.2, 0.25) is 0 Å². The highest BCUT2D eigenvalue weighted by molar-refractivity contribution is 5.86. The number of aryl methyl sites for hydroxylation is 1. The lowest BCUT2D eigenvalue weighted by atomic mass is 9.79. The van der Waals surface area contributed by atoms with Crippen molar-refractivity contribution in [3.63, 3.8) is 0 Å². The van der Waals surface area contributed by atoms with Crippen molar-refractivity contribution in [2.45, 2.75) is 26.8 Å². The summed E-state index contributed by atoms with van der Waals surface area (Å²) in [6.07, 6.45) is 1.67. The Labute approximate surface area is 83.5 Å². The molecule has 1 aliphatic heterocycles. The van der Waals surface area contributed by atoms with Gasteiger partial charge >= 0.3 is 0 Å². The normalized spacial score (nSPS) is 26.1. The average molecular weight is 193 g/mol. The zero-order valence-electron chi connectivity index (χ0n) is 8.70. The molecular weight excluding hydrogens is 178 g/mol. The van der Waals surface area contributed by atoms with E-state index in [9.17, 15) is 4.79 Å². The number of hydrogen-bond acceptors (Lipinski definition) is 2. The Balaban J connectivity index is 2.22. The fourth-order valence-electron chi connectivity index (χ4n) is 2.01. The first-order chi connectivity index (χ1) is 6.61. The van der Waals surface area contributed by atoms with Crippen LogP contribution in [-0.4, -0.2) is 5.91 Å². The van der Waals surface area contributed by atoms with Crippen LogP contribution in [0.15, 0.2) is 16.7 Å². The van der Waals surface area contributed by atoms with E-state index in [1.54, 1.807) is 6.26 Å². The molecule has 2 heterocycles. The summed E-state index contributed by atoms with van der Waals surface area (Å²) in [6, 6.07) is 2.01. The van der Waals surface area contributed by atoms with Crippen LogP contribution in [0.5, 0.6) is 0 Å². The van der Waals surface area contributed by atoms with E-state index >= 15 is 0 Å². The molecule has 0 saturated carbocycles. The van der Waals surface area contributed by atoms with Crippen LogP contribution >= 0.6 is 0 Å². The summed E-state index contributed by atoms with van der Waals surface area (Å²) in [5.41, 5.74) is 1.11. The summed E-state index contributed by atoms with van der Waals surface area (Å²) in [5.74, 6) is 1.47. The highest BCUT2D eigenvalue weighted by atomic mass is 16.3. The van der Waals surface area contributed by atoms with Gasteiger partial charge in [0.2, 0.25) is 5.91 Å². The van der Waals surface area contributed by atoms with E-state index in [2.05, 4.69) is 19.2 Å². The molecule has 2 unspecified atom stereocenters. The topological polar surface area (TPSA) is 42.2 Å². The van der Waals surface area contributed by atoms with Crippen LogP contribution in [0, 0.1) is 18.8 Å². The Kier molecular flexibility index (Phi) is 2.10. The molecule has 2 rings (SSSR count). The first-order valence-electron chi connectivity index (χ1n) is 4.95. The van der Waals surface area contributed by atoms with Crippen LogP contribution in [-0.2, 0) is 4.79 Å². The molecule has 0 aliphatic carbocycles. The summed E-state index contributed by atoms with van der Waals surface area (Å²) in [7, 11) is 0. The second kappa shape index (κ2) is 3.15. The van der Waals surface area contributed by atoms with Crippen molar-refractivity contribution in [1.82, 2.24) is 5.32 Å². The third kappa shape index (κ3) is 1.24. The van der Waals surface area contributed by atoms with E-state index in [0.717, 1.165) is 11.3 Å². The quantitative estimate of drug-likeness (QED) is 0.730. The standard InChI is InChI=1S/C11H15NO2/c1-6(2)8-9(12-11(8)13)10-7(3)4-5-14-10/h4-6,8-9H,1-3H3,(H,12,13). The molecule has 14 heavy (non-hydrogen) atoms. The predicted molar refractivity (Wildman–Crippen MR) is 52.7 cm³/mol. The summed E-state index contributed by atoms with van der Waals surface area (Å²) in [6.45, 7) is 6.13. The van der Waals surface area contributed by atoms with Gasteiger partial charge in [-0.1, -0.05) is 13.8 Å². The Morgan fingerprint density at radius 3 is 2.64 bits per heavy atom. The maximum Gasteiger partial charge on any atom is 0.226 e. The third-order valence-electron chi connectivity index (χ3n) is 2.86. The minimum absolute atomic E-state index is 0.0693. The van der Waals surface area contributed by atoms with Gasteiger partial charge in [-0.25, -0.2) is 0 Å². The molecular formula is C11H15NO2. The number of rotatable bonds is 2. The monoisotopic (exact) mass is 193 g/mol. The van der Waals surface area contributed by atoms with Crippen molar-refractivity contribution in [1.29, 1.82) is 0 Å². The van der Waals surface area contributed by atoms with Gasteiger partial charge in [-0.15, -0.1) is 0 Å². The maximum atomic E-state index is 11.3. The highest BCUT2D eigenvalue weighted by Crippen LogP contribution is 2.37. The smallest absolute Gasteiger partial charge is 0.226 e. The number of amides is 1. The number of β-lactam (4-membered cyclic amide) rings is 1. The fraction of sp³-hybridized carbons (Fsp3) is 0.545. The van der Waals surface area contributed by atoms with Gasteiger partial charge < -0.3 is 9.73 Å². The van der Waals surface area contributed by atoms with Crippen molar-refractivity contribution in [2.75, 3.05) is 0 Å². The van der Waals surface area contributed by atoms with Gasteiger partial charge in [-0.2, -0.15) is 0 Å². The first kappa shape index (κ1) is 9.31. The fourth-order valence-corrected chi connectivity index (χ4v) is 2.01. The average Bonchev–Trinajstić information content (AvgIpc) is 2.45. The zero-order valence-corrected chi connectivity index (χ0v) is 8.70. The maximum absolute atomic E-state index is 11.3. The van der Waals surface area contributed by atoms with E-state index in [1.807, 2.05) is 13.0 Å². The first-order valence-corrected chi connectivity index (χ1v) is 4.95. The molecule has 1 N–H and O–H groups in total. The second-order valence-electron chi connectivity index (χ2n) is 4.22. The number of furan rings is 1. The molecule has 0 bridgehead atoms. The van der Waals surface area contributed by atoms with Crippen LogP contribution in [0.25, 0.3) is 0 Å². The van der Waals surface area contributed by atoms with E-state index < -0.39 is 0 Å². The molecule has 0 radical (unpaired) electrons. The molecule has 3 heteroatoms. The lowest BCUT2D eigenvalue weighted by Gasteiger charge is -2.38. The Hall–Kier alpha value is -1.25. The minimum atomic E-state index is 0.0693. The molecule has 2 atom stereocenters. The van der Waals surface area contributed by atoms with Crippen LogP contribution in [0.3, 0.4) is 0 Å². The lowest BCUT2D eigenvalue weighted by Crippen LogP contribution is -2.53. The van der Waals surface area contributed by atoms with Gasteiger partial charge in [0.25, 0.3) is 0 Å². The van der Waals surface area contributed by atoms with Gasteiger partial charge in [0.15, 0.2) is 0 Å². The van der Waals surface area contributed by atoms with E-state index in [1.165, 1.54) is 0 Å². The molecule has 1 amide bonds. The zero-order chi connectivity index (χ0) is 10.3. The van der Waals surface area contributed by atoms with Crippen molar-refractivity contribution in [3.8, 4) is 0 Å². The van der Waals surface area contributed by atoms with Crippen LogP contribution in [0.4, 0.5) is 0 Å². The van der Waals surface area contributed by atoms with E-state index in [4.69, 9.17) is 4.42 Å². The Bertz CT molecular complexity index is 354. The van der Waals surface area contributed by atoms with Gasteiger partial charge in [0.05, 0.1) is 18.2 Å². The molecule has 1 aromatic heterocycles. The third-order valence-corrected chi connectivity index (χ3v) is 2.86. The SMILES string of the molecule is Cc1ccoc1C1NC(=O)C1C(C)C. The Morgan fingerprint density at radius 1 is 1.50 bits per heavy atom. The van der Waals surface area contributed by atoms with Crippen molar-refractivity contribution in [2.24, 2.45) is 11.8 Å². The van der Waals surface area contributed by atoms with Gasteiger partial charge in [0, 0.05) is 0 Å². The predicted octanol–water partition coefficient (Wildman–Crippen LogP) is 2.03. The van der Waals surface area contributed by atoms with Crippen molar-refractivity contribution >= 4 is 5.91 Å². The Morgan fingerprint density at radius 2 is 2.21 bits per heavy atom. The molecule has 3 nitrogen and oxygen atoms in total. The van der Waals surface area contributed by atoms with E-state index in [-0.39, 0.29) is 17.9 Å². The van der Waals surface area contributed by atoms with Crippen molar-refractivity contribution in [3.05, 3.63) is 23.7 Å². The van der Waals surface area contributed by atoms with Crippen molar-refractivity contribution < 1.29 is 9.21 Å². The van der Waals surface area contributed by atoms with Gasteiger partial charge in [-0.05, 0) is 24.5 Å². The second-order valence-corrected chi connectivity index (χ2v) is 4.22. The number of nitrogens with one attached hydrogen (secondary N) is 1. The van der Waals surface area contributed by atoms with Crippen LogP contribution in [0.1, 0.15) is 31.2 Å². The number of carbonyl (C=O) groups is 1. The molecule has 1 saturated heterocycles.